The van der Waals surface area contributed by atoms with E-state index in [2.05, 4.69) is 0 Å². The number of nitrogens with zero attached hydrogens (tertiary/aromatic N) is 4. The van der Waals surface area contributed by atoms with E-state index >= 15 is 0 Å². The largest absolute Gasteiger partial charge is 0.445 e. The Balaban J connectivity index is 1.41. The van der Waals surface area contributed by atoms with Crippen LogP contribution in [-0.2, 0) is 22.7 Å². The van der Waals surface area contributed by atoms with Crippen molar-refractivity contribution in [1.29, 1.82) is 0 Å². The number of hydrogen-bond acceptors (Lipinski definition) is 10. The van der Waals surface area contributed by atoms with E-state index in [9.17, 15) is 40.1 Å². The lowest BCUT2D eigenvalue weighted by atomic mass is 10.1. The summed E-state index contributed by atoms with van der Waals surface area (Å²) < 4.78 is 10.3. The van der Waals surface area contributed by atoms with Crippen molar-refractivity contribution in [2.75, 3.05) is 13.1 Å². The quantitative estimate of drug-likeness (QED) is 0.268. The molecule has 2 amide bonds. The van der Waals surface area contributed by atoms with Gasteiger partial charge < -0.3 is 19.5 Å². The van der Waals surface area contributed by atoms with E-state index in [1.165, 1.54) is 53.4 Å². The van der Waals surface area contributed by atoms with Gasteiger partial charge in [-0.25, -0.2) is 9.59 Å². The zero-order chi connectivity index (χ0) is 26.9. The van der Waals surface area contributed by atoms with Crippen molar-refractivity contribution in [3.8, 4) is 0 Å². The Hall–Kier alpha value is -4.30. The lowest BCUT2D eigenvalue weighted by Gasteiger charge is -2.24. The molecule has 0 spiro atoms. The molecule has 1 fully saturated rings. The molecule has 14 heteroatoms. The number of non-ortho nitro benzene ring substituents is 2. The molecule has 1 heterocycles. The molecule has 0 saturated carbocycles. The molecule has 1 aliphatic rings. The van der Waals surface area contributed by atoms with Crippen molar-refractivity contribution in [3.05, 3.63) is 79.9 Å². The van der Waals surface area contributed by atoms with Crippen LogP contribution in [0, 0.1) is 20.2 Å². The zero-order valence-electron chi connectivity index (χ0n) is 19.7. The Labute approximate surface area is 210 Å². The second kappa shape index (κ2) is 12.6. The first-order valence-corrected chi connectivity index (χ1v) is 11.4. The first-order chi connectivity index (χ1) is 17.6. The van der Waals surface area contributed by atoms with Gasteiger partial charge in [0.15, 0.2) is 0 Å². The second-order valence-corrected chi connectivity index (χ2v) is 8.42. The van der Waals surface area contributed by atoms with Crippen LogP contribution < -0.4 is 0 Å². The highest BCUT2D eigenvalue weighted by Crippen LogP contribution is 2.24. The number of aliphatic hydroxyl groups is 1. The first kappa shape index (κ1) is 27.3. The lowest BCUT2D eigenvalue weighted by Crippen LogP contribution is -2.37. The van der Waals surface area contributed by atoms with Gasteiger partial charge in [0.25, 0.3) is 11.4 Å². The molecular formula is C23H26N4O10. The topological polar surface area (TPSA) is 186 Å². The van der Waals surface area contributed by atoms with Crippen molar-refractivity contribution in [2.24, 2.45) is 0 Å². The van der Waals surface area contributed by atoms with Crippen LogP contribution in [0.2, 0.25) is 0 Å². The third kappa shape index (κ3) is 7.85. The number of carbonyl (C=O) groups is 2. The van der Waals surface area contributed by atoms with Gasteiger partial charge in [-0.3, -0.25) is 25.4 Å². The first-order valence-electron chi connectivity index (χ1n) is 11.4. The van der Waals surface area contributed by atoms with Crippen molar-refractivity contribution in [3.63, 3.8) is 0 Å². The normalized spacial score (nSPS) is 16.8. The number of β-amino-alcohol motifs (C(OH)–C–C–N with tert-alkyl or cyclic N) is 1. The van der Waals surface area contributed by atoms with E-state index in [1.807, 2.05) is 0 Å². The minimum atomic E-state index is -0.996. The maximum absolute atomic E-state index is 12.5. The fourth-order valence-electron chi connectivity index (χ4n) is 3.83. The number of nitro benzene ring substituents is 2. The Morgan fingerprint density at radius 1 is 0.946 bits per heavy atom. The molecule has 14 nitrogen and oxygen atoms in total. The number of rotatable bonds is 10. The number of carbonyl (C=O) groups excluding carboxylic acids is 2. The average molecular weight is 518 g/mol. The molecule has 198 valence electrons. The minimum Gasteiger partial charge on any atom is -0.445 e. The third-order valence-electron chi connectivity index (χ3n) is 5.76. The number of nitro groups is 2. The van der Waals surface area contributed by atoms with Crippen LogP contribution in [0.3, 0.4) is 0 Å². The Kier molecular flexibility index (Phi) is 9.29. The van der Waals surface area contributed by atoms with E-state index < -0.39 is 28.1 Å². The van der Waals surface area contributed by atoms with E-state index in [-0.39, 0.29) is 43.7 Å². The molecule has 1 saturated heterocycles. The molecule has 2 aromatic carbocycles. The van der Waals surface area contributed by atoms with Gasteiger partial charge in [0.05, 0.1) is 29.0 Å². The molecular weight excluding hydrogens is 492 g/mol. The van der Waals surface area contributed by atoms with Gasteiger partial charge in [-0.1, -0.05) is 0 Å². The highest BCUT2D eigenvalue weighted by atomic mass is 16.6. The summed E-state index contributed by atoms with van der Waals surface area (Å²) in [6.07, 6.45) is -1.41. The Morgan fingerprint density at radius 2 is 1.46 bits per heavy atom. The molecule has 0 unspecified atom stereocenters. The SMILES string of the molecule is O=C(OCc1ccc([N+](=O)[O-])cc1)N(O)CCC[C@H]1C[C@@H](O)CN1C(=O)OCc1ccc([N+](=O)[O-])cc1. The Morgan fingerprint density at radius 3 is 1.97 bits per heavy atom. The maximum atomic E-state index is 12.5. The summed E-state index contributed by atoms with van der Waals surface area (Å²) >= 11 is 0. The second-order valence-electron chi connectivity index (χ2n) is 8.42. The summed E-state index contributed by atoms with van der Waals surface area (Å²) in [7, 11) is 0. The average Bonchev–Trinajstić information content (AvgIpc) is 3.26. The van der Waals surface area contributed by atoms with Gasteiger partial charge in [-0.15, -0.1) is 0 Å². The molecule has 0 radical (unpaired) electrons. The highest BCUT2D eigenvalue weighted by Gasteiger charge is 2.35. The number of hydrogen-bond donors (Lipinski definition) is 2. The van der Waals surface area contributed by atoms with Gasteiger partial charge in [0.2, 0.25) is 0 Å². The summed E-state index contributed by atoms with van der Waals surface area (Å²) in [6, 6.07) is 10.6. The van der Waals surface area contributed by atoms with Crippen LogP contribution in [0.5, 0.6) is 0 Å². The number of amides is 2. The fourth-order valence-corrected chi connectivity index (χ4v) is 3.83. The van der Waals surface area contributed by atoms with E-state index in [4.69, 9.17) is 9.47 Å². The Bertz CT molecular complexity index is 1110. The van der Waals surface area contributed by atoms with Gasteiger partial charge in [-0.05, 0) is 54.7 Å². The molecule has 0 bridgehead atoms. The lowest BCUT2D eigenvalue weighted by molar-refractivity contribution is -0.385. The van der Waals surface area contributed by atoms with Gasteiger partial charge in [0.1, 0.15) is 13.2 Å². The number of aliphatic hydroxyl groups excluding tert-OH is 1. The summed E-state index contributed by atoms with van der Waals surface area (Å²) in [5.74, 6) is 0. The summed E-state index contributed by atoms with van der Waals surface area (Å²) in [5.41, 5.74) is 0.903. The van der Waals surface area contributed by atoms with Crippen LogP contribution in [0.1, 0.15) is 30.4 Å². The predicted molar refractivity (Wildman–Crippen MR) is 125 cm³/mol. The standard InChI is InChI=1S/C23H26N4O10/c28-21-12-20(24(13-21)22(29)36-14-16-3-7-18(8-4-16)26(32)33)2-1-11-25(31)23(30)37-15-17-5-9-19(10-6-17)27(34)35/h3-10,20-21,28,31H,1-2,11-15H2/t20-,21+/m0/s1. The highest BCUT2D eigenvalue weighted by molar-refractivity contribution is 5.68. The minimum absolute atomic E-state index is 0.0733. The van der Waals surface area contributed by atoms with Crippen molar-refractivity contribution in [1.82, 2.24) is 9.96 Å². The van der Waals surface area contributed by atoms with Crippen molar-refractivity contribution < 1.29 is 39.2 Å². The van der Waals surface area contributed by atoms with Crippen molar-refractivity contribution in [2.45, 2.75) is 44.6 Å². The molecule has 3 rings (SSSR count). The molecule has 37 heavy (non-hydrogen) atoms. The third-order valence-corrected chi connectivity index (χ3v) is 5.76. The van der Waals surface area contributed by atoms with Crippen LogP contribution in [-0.4, -0.2) is 67.5 Å². The van der Waals surface area contributed by atoms with Crippen LogP contribution in [0.4, 0.5) is 21.0 Å². The number of ether oxygens (including phenoxy) is 2. The zero-order valence-corrected chi connectivity index (χ0v) is 19.7. The maximum Gasteiger partial charge on any atom is 0.434 e. The molecule has 0 aromatic heterocycles. The summed E-state index contributed by atoms with van der Waals surface area (Å²) in [4.78, 5) is 46.3. The summed E-state index contributed by atoms with van der Waals surface area (Å²) in [5, 5.41) is 41.8. The number of benzene rings is 2. The van der Waals surface area contributed by atoms with Gasteiger partial charge in [-0.2, -0.15) is 5.06 Å². The summed E-state index contributed by atoms with van der Waals surface area (Å²) in [6.45, 7) is -0.292. The molecule has 0 aliphatic carbocycles. The van der Waals surface area contributed by atoms with E-state index in [0.29, 0.717) is 35.5 Å². The van der Waals surface area contributed by atoms with E-state index in [1.54, 1.807) is 0 Å². The van der Waals surface area contributed by atoms with Crippen LogP contribution >= 0.6 is 0 Å². The fraction of sp³-hybridized carbons (Fsp3) is 0.391. The molecule has 1 aliphatic heterocycles. The molecule has 2 atom stereocenters. The smallest absolute Gasteiger partial charge is 0.434 e. The molecule has 2 N–H and O–H groups in total. The van der Waals surface area contributed by atoms with Crippen LogP contribution in [0.15, 0.2) is 48.5 Å². The number of likely N-dealkylation sites (tertiary alicyclic amines) is 1. The van der Waals surface area contributed by atoms with Gasteiger partial charge >= 0.3 is 12.2 Å². The van der Waals surface area contributed by atoms with E-state index in [0.717, 1.165) is 0 Å². The monoisotopic (exact) mass is 518 g/mol. The predicted octanol–water partition coefficient (Wildman–Crippen LogP) is 3.38. The van der Waals surface area contributed by atoms with Gasteiger partial charge in [0, 0.05) is 30.3 Å². The molecule has 2 aromatic rings. The number of hydroxylamine groups is 2. The van der Waals surface area contributed by atoms with Crippen molar-refractivity contribution >= 4 is 23.6 Å². The van der Waals surface area contributed by atoms with Crippen LogP contribution in [0.25, 0.3) is 0 Å².